The van der Waals surface area contributed by atoms with Crippen LogP contribution in [-0.2, 0) is 0 Å². The second-order valence-electron chi connectivity index (χ2n) is 5.61. The van der Waals surface area contributed by atoms with Gasteiger partial charge >= 0.3 is 0 Å². The Morgan fingerprint density at radius 1 is 1.43 bits per heavy atom. The molecule has 6 nitrogen and oxygen atoms in total. The summed E-state index contributed by atoms with van der Waals surface area (Å²) in [7, 11) is 0. The fraction of sp³-hybridized carbons (Fsp3) is 0.714. The van der Waals surface area contributed by atoms with E-state index >= 15 is 0 Å². The number of aliphatic hydroxyl groups is 1. The minimum atomic E-state index is -0.202. The number of nitrogens with one attached hydrogen (secondary N) is 1. The zero-order valence-corrected chi connectivity index (χ0v) is 13.3. The van der Waals surface area contributed by atoms with Gasteiger partial charge < -0.3 is 21.1 Å². The summed E-state index contributed by atoms with van der Waals surface area (Å²) in [6, 6.07) is 0. The number of rotatable bonds is 5. The lowest BCUT2D eigenvalue weighted by Crippen LogP contribution is -2.29. The molecule has 1 aliphatic rings. The SMILES string of the molecule is CC(CO)CNC(=O)c1sc(N2CCCCCC2)nc1N. The first-order valence-corrected chi connectivity index (χ1v) is 8.33. The van der Waals surface area contributed by atoms with E-state index in [0.717, 1.165) is 31.1 Å². The van der Waals surface area contributed by atoms with Gasteiger partial charge in [0.15, 0.2) is 5.13 Å². The van der Waals surface area contributed by atoms with Crippen molar-refractivity contribution in [2.45, 2.75) is 32.6 Å². The molecule has 1 aromatic heterocycles. The van der Waals surface area contributed by atoms with E-state index < -0.39 is 0 Å². The number of hydrogen-bond acceptors (Lipinski definition) is 6. The highest BCUT2D eigenvalue weighted by atomic mass is 32.1. The van der Waals surface area contributed by atoms with E-state index in [9.17, 15) is 4.79 Å². The van der Waals surface area contributed by atoms with Gasteiger partial charge in [-0.3, -0.25) is 4.79 Å². The summed E-state index contributed by atoms with van der Waals surface area (Å²) in [6.45, 7) is 4.33. The molecule has 1 unspecified atom stereocenters. The number of aromatic nitrogens is 1. The van der Waals surface area contributed by atoms with E-state index in [1.165, 1.54) is 24.2 Å². The van der Waals surface area contributed by atoms with Crippen LogP contribution in [0.15, 0.2) is 0 Å². The number of nitrogen functional groups attached to an aromatic ring is 1. The molecular weight excluding hydrogens is 288 g/mol. The van der Waals surface area contributed by atoms with Crippen LogP contribution < -0.4 is 16.0 Å². The summed E-state index contributed by atoms with van der Waals surface area (Å²) < 4.78 is 0. The Hall–Kier alpha value is -1.34. The van der Waals surface area contributed by atoms with Gasteiger partial charge in [-0.25, -0.2) is 4.98 Å². The quantitative estimate of drug-likeness (QED) is 0.766. The molecule has 1 amide bonds. The van der Waals surface area contributed by atoms with E-state index in [2.05, 4.69) is 15.2 Å². The van der Waals surface area contributed by atoms with Crippen LogP contribution in [0.1, 0.15) is 42.3 Å². The van der Waals surface area contributed by atoms with Crippen LogP contribution in [0.3, 0.4) is 0 Å². The predicted molar refractivity (Wildman–Crippen MR) is 85.8 cm³/mol. The molecule has 2 heterocycles. The maximum atomic E-state index is 12.1. The van der Waals surface area contributed by atoms with Crippen molar-refractivity contribution < 1.29 is 9.90 Å². The number of anilines is 2. The van der Waals surface area contributed by atoms with Crippen LogP contribution in [-0.4, -0.2) is 42.2 Å². The molecule has 1 aliphatic heterocycles. The summed E-state index contributed by atoms with van der Waals surface area (Å²) in [6.07, 6.45) is 4.83. The molecule has 1 fully saturated rings. The largest absolute Gasteiger partial charge is 0.396 e. The molecule has 7 heteroatoms. The number of aliphatic hydroxyl groups excluding tert-OH is 1. The van der Waals surface area contributed by atoms with Gasteiger partial charge in [0, 0.05) is 26.2 Å². The van der Waals surface area contributed by atoms with Crippen molar-refractivity contribution in [3.8, 4) is 0 Å². The highest BCUT2D eigenvalue weighted by Gasteiger charge is 2.20. The van der Waals surface area contributed by atoms with Gasteiger partial charge in [0.25, 0.3) is 5.91 Å². The van der Waals surface area contributed by atoms with Crippen LogP contribution in [0, 0.1) is 5.92 Å². The molecule has 2 rings (SSSR count). The lowest BCUT2D eigenvalue weighted by Gasteiger charge is -2.18. The number of carbonyl (C=O) groups excluding carboxylic acids is 1. The van der Waals surface area contributed by atoms with Crippen molar-refractivity contribution in [2.24, 2.45) is 5.92 Å². The summed E-state index contributed by atoms with van der Waals surface area (Å²) >= 11 is 1.36. The molecule has 0 spiro atoms. The Morgan fingerprint density at radius 2 is 2.10 bits per heavy atom. The summed E-state index contributed by atoms with van der Waals surface area (Å²) in [5.41, 5.74) is 5.89. The molecule has 118 valence electrons. The average Bonchev–Trinajstić information content (AvgIpc) is 2.70. The van der Waals surface area contributed by atoms with Crippen molar-refractivity contribution in [1.82, 2.24) is 10.3 Å². The number of hydrogen-bond donors (Lipinski definition) is 3. The lowest BCUT2D eigenvalue weighted by molar-refractivity contribution is 0.0947. The van der Waals surface area contributed by atoms with Crippen molar-refractivity contribution in [1.29, 1.82) is 0 Å². The van der Waals surface area contributed by atoms with E-state index in [1.54, 1.807) is 0 Å². The molecule has 0 saturated carbocycles. The maximum Gasteiger partial charge on any atom is 0.265 e. The van der Waals surface area contributed by atoms with Crippen molar-refractivity contribution >= 4 is 28.2 Å². The third-order valence-corrected chi connectivity index (χ3v) is 4.78. The fourth-order valence-corrected chi connectivity index (χ4v) is 3.25. The number of thiazole rings is 1. The van der Waals surface area contributed by atoms with Crippen LogP contribution in [0.25, 0.3) is 0 Å². The van der Waals surface area contributed by atoms with Crippen LogP contribution in [0.4, 0.5) is 10.9 Å². The zero-order valence-electron chi connectivity index (χ0n) is 12.5. The van der Waals surface area contributed by atoms with Crippen molar-refractivity contribution in [3.05, 3.63) is 4.88 Å². The van der Waals surface area contributed by atoms with Gasteiger partial charge in [-0.05, 0) is 18.8 Å². The second-order valence-corrected chi connectivity index (χ2v) is 6.59. The van der Waals surface area contributed by atoms with E-state index in [4.69, 9.17) is 10.8 Å². The van der Waals surface area contributed by atoms with E-state index in [-0.39, 0.29) is 18.4 Å². The molecule has 0 radical (unpaired) electrons. The number of carbonyl (C=O) groups is 1. The minimum absolute atomic E-state index is 0.0353. The Balaban J connectivity index is 2.02. The number of nitrogens with two attached hydrogens (primary N) is 1. The van der Waals surface area contributed by atoms with Gasteiger partial charge in [0.2, 0.25) is 0 Å². The molecular formula is C14H24N4O2S. The molecule has 0 bridgehead atoms. The average molecular weight is 312 g/mol. The summed E-state index contributed by atoms with van der Waals surface area (Å²) in [5, 5.41) is 12.6. The standard InChI is InChI=1S/C14H24N4O2S/c1-10(9-19)8-16-13(20)11-12(15)17-14(21-11)18-6-4-2-3-5-7-18/h10,19H,2-9,15H2,1H3,(H,16,20). The van der Waals surface area contributed by atoms with Gasteiger partial charge in [0.1, 0.15) is 10.7 Å². The van der Waals surface area contributed by atoms with Crippen LogP contribution in [0.5, 0.6) is 0 Å². The Morgan fingerprint density at radius 3 is 2.71 bits per heavy atom. The van der Waals surface area contributed by atoms with Gasteiger partial charge in [0.05, 0.1) is 0 Å². The molecule has 0 aromatic carbocycles. The predicted octanol–water partition coefficient (Wildman–Crippen LogP) is 1.46. The number of amides is 1. The second kappa shape index (κ2) is 7.61. The van der Waals surface area contributed by atoms with Gasteiger partial charge in [-0.15, -0.1) is 0 Å². The lowest BCUT2D eigenvalue weighted by atomic mass is 10.2. The molecule has 1 atom stereocenters. The van der Waals surface area contributed by atoms with Gasteiger partial charge in [-0.2, -0.15) is 0 Å². The number of nitrogens with zero attached hydrogens (tertiary/aromatic N) is 2. The highest BCUT2D eigenvalue weighted by Crippen LogP contribution is 2.29. The van der Waals surface area contributed by atoms with E-state index in [0.29, 0.717) is 17.2 Å². The first-order valence-electron chi connectivity index (χ1n) is 7.52. The van der Waals surface area contributed by atoms with E-state index in [1.807, 2.05) is 6.92 Å². The third-order valence-electron chi connectivity index (χ3n) is 3.65. The normalized spacial score (nSPS) is 17.3. The minimum Gasteiger partial charge on any atom is -0.396 e. The highest BCUT2D eigenvalue weighted by molar-refractivity contribution is 7.18. The summed E-state index contributed by atoms with van der Waals surface area (Å²) in [5.74, 6) is 0.132. The molecule has 4 N–H and O–H groups in total. The maximum absolute atomic E-state index is 12.1. The zero-order chi connectivity index (χ0) is 15.2. The molecule has 0 aliphatic carbocycles. The molecule has 1 saturated heterocycles. The molecule has 21 heavy (non-hydrogen) atoms. The first kappa shape index (κ1) is 16.0. The Kier molecular flexibility index (Phi) is 5.81. The Labute approximate surface area is 129 Å². The smallest absolute Gasteiger partial charge is 0.265 e. The molecule has 1 aromatic rings. The van der Waals surface area contributed by atoms with Crippen LogP contribution in [0.2, 0.25) is 0 Å². The van der Waals surface area contributed by atoms with Crippen molar-refractivity contribution in [3.63, 3.8) is 0 Å². The summed E-state index contributed by atoms with van der Waals surface area (Å²) in [4.78, 5) is 19.2. The monoisotopic (exact) mass is 312 g/mol. The third kappa shape index (κ3) is 4.31. The van der Waals surface area contributed by atoms with Gasteiger partial charge in [-0.1, -0.05) is 31.1 Å². The van der Waals surface area contributed by atoms with Crippen molar-refractivity contribution in [2.75, 3.05) is 36.9 Å². The van der Waals surface area contributed by atoms with Crippen LogP contribution >= 0.6 is 11.3 Å². The Bertz CT molecular complexity index is 470. The first-order chi connectivity index (χ1) is 10.1. The fourth-order valence-electron chi connectivity index (χ4n) is 2.29. The topological polar surface area (TPSA) is 91.5 Å².